The molecule has 0 nitrogen and oxygen atoms in total. The summed E-state index contributed by atoms with van der Waals surface area (Å²) in [5, 5.41) is 0. The number of hydrogen-bond acceptors (Lipinski definition) is 0. The maximum Gasteiger partial charge on any atom is -0.00710 e. The first-order chi connectivity index (χ1) is 6.57. The van der Waals surface area contributed by atoms with E-state index in [0.29, 0.717) is 0 Å². The highest BCUT2D eigenvalue weighted by Gasteiger charge is 2.50. The van der Waals surface area contributed by atoms with Crippen molar-refractivity contribution in [1.29, 1.82) is 0 Å². The molecule has 0 heterocycles. The normalized spacial score (nSPS) is 42.9. The van der Waals surface area contributed by atoms with Gasteiger partial charge in [0.05, 0.1) is 0 Å². The van der Waals surface area contributed by atoms with Crippen molar-refractivity contribution in [3.63, 3.8) is 0 Å². The van der Waals surface area contributed by atoms with Crippen LogP contribution >= 0.6 is 0 Å². The van der Waals surface area contributed by atoms with Gasteiger partial charge in [-0.15, -0.1) is 0 Å². The van der Waals surface area contributed by atoms with Crippen LogP contribution in [0.25, 0.3) is 0 Å². The molecule has 1 saturated carbocycles. The first-order valence-corrected chi connectivity index (χ1v) is 5.94. The second kappa shape index (κ2) is 3.25. The van der Waals surface area contributed by atoms with Crippen molar-refractivity contribution in [3.05, 3.63) is 23.8 Å². The first-order valence-electron chi connectivity index (χ1n) is 5.94. The summed E-state index contributed by atoms with van der Waals surface area (Å²) in [6.45, 7) is 13.6. The van der Waals surface area contributed by atoms with Gasteiger partial charge in [-0.1, -0.05) is 51.0 Å². The zero-order chi connectivity index (χ0) is 10.5. The van der Waals surface area contributed by atoms with Crippen molar-refractivity contribution < 1.29 is 0 Å². The Morgan fingerprint density at radius 2 is 2.14 bits per heavy atom. The van der Waals surface area contributed by atoms with Gasteiger partial charge in [0.1, 0.15) is 0 Å². The van der Waals surface area contributed by atoms with E-state index in [1.54, 1.807) is 5.57 Å². The fourth-order valence-corrected chi connectivity index (χ4v) is 3.42. The molecule has 0 saturated heterocycles. The van der Waals surface area contributed by atoms with E-state index in [9.17, 15) is 0 Å². The molecule has 0 spiro atoms. The lowest BCUT2D eigenvalue weighted by molar-refractivity contribution is 0.145. The highest BCUT2D eigenvalue weighted by atomic mass is 14.5. The van der Waals surface area contributed by atoms with Gasteiger partial charge in [-0.05, 0) is 36.5 Å². The van der Waals surface area contributed by atoms with Gasteiger partial charge in [0.25, 0.3) is 0 Å². The molecule has 0 aromatic heterocycles. The van der Waals surface area contributed by atoms with Crippen LogP contribution in [0.5, 0.6) is 0 Å². The lowest BCUT2D eigenvalue weighted by Gasteiger charge is -2.48. The van der Waals surface area contributed by atoms with Crippen LogP contribution in [0.3, 0.4) is 0 Å². The van der Waals surface area contributed by atoms with Crippen molar-refractivity contribution in [2.75, 3.05) is 0 Å². The zero-order valence-electron chi connectivity index (χ0n) is 9.88. The summed E-state index contributed by atoms with van der Waals surface area (Å²) in [5.74, 6) is 3.97. The van der Waals surface area contributed by atoms with Gasteiger partial charge in [-0.2, -0.15) is 0 Å². The monoisotopic (exact) mass is 190 g/mol. The first kappa shape index (κ1) is 10.0. The maximum atomic E-state index is 4.31. The zero-order valence-corrected chi connectivity index (χ0v) is 9.88. The van der Waals surface area contributed by atoms with Gasteiger partial charge in [-0.3, -0.25) is 0 Å². The summed E-state index contributed by atoms with van der Waals surface area (Å²) >= 11 is 0. The third kappa shape index (κ3) is 1.12. The van der Waals surface area contributed by atoms with E-state index in [1.165, 1.54) is 12.0 Å². The van der Waals surface area contributed by atoms with Crippen LogP contribution < -0.4 is 0 Å². The molecule has 2 aliphatic rings. The molecule has 2 rings (SSSR count). The molecule has 1 fully saturated rings. The quantitative estimate of drug-likeness (QED) is 0.576. The number of fused-ring (bicyclic) bond motifs is 1. The fourth-order valence-electron chi connectivity index (χ4n) is 3.42. The lowest BCUT2D eigenvalue weighted by atomic mass is 9.56. The Labute approximate surface area is 88.1 Å². The number of allylic oxidation sites excluding steroid dienone is 3. The van der Waals surface area contributed by atoms with E-state index in [-0.39, 0.29) is 0 Å². The Balaban J connectivity index is 2.17. The van der Waals surface area contributed by atoms with Crippen molar-refractivity contribution in [2.24, 2.45) is 29.6 Å². The SMILES string of the molecule is C=C1C(C(C)CC)C2C=C(C)C(C)C12. The molecule has 0 aromatic rings. The van der Waals surface area contributed by atoms with Crippen LogP contribution in [-0.2, 0) is 0 Å². The molecular weight excluding hydrogens is 168 g/mol. The van der Waals surface area contributed by atoms with Gasteiger partial charge in [0, 0.05) is 0 Å². The van der Waals surface area contributed by atoms with E-state index in [2.05, 4.69) is 40.3 Å². The second-order valence-electron chi connectivity index (χ2n) is 5.29. The molecule has 0 amide bonds. The van der Waals surface area contributed by atoms with E-state index >= 15 is 0 Å². The Bertz CT molecular complexity index is 284. The van der Waals surface area contributed by atoms with Crippen LogP contribution in [0.2, 0.25) is 0 Å². The Morgan fingerprint density at radius 1 is 1.50 bits per heavy atom. The topological polar surface area (TPSA) is 0 Å². The summed E-state index contributed by atoms with van der Waals surface area (Å²) in [6.07, 6.45) is 3.80. The minimum Gasteiger partial charge on any atom is -0.0992 e. The van der Waals surface area contributed by atoms with Crippen LogP contribution in [0, 0.1) is 29.6 Å². The molecule has 5 unspecified atom stereocenters. The van der Waals surface area contributed by atoms with Gasteiger partial charge >= 0.3 is 0 Å². The van der Waals surface area contributed by atoms with Gasteiger partial charge < -0.3 is 0 Å². The van der Waals surface area contributed by atoms with Gasteiger partial charge in [0.2, 0.25) is 0 Å². The van der Waals surface area contributed by atoms with E-state index in [4.69, 9.17) is 0 Å². The van der Waals surface area contributed by atoms with E-state index in [1.807, 2.05) is 0 Å². The summed E-state index contributed by atoms with van der Waals surface area (Å²) in [7, 11) is 0. The highest BCUT2D eigenvalue weighted by Crippen LogP contribution is 2.58. The predicted octanol–water partition coefficient (Wildman–Crippen LogP) is 4.05. The van der Waals surface area contributed by atoms with Gasteiger partial charge in [0.15, 0.2) is 0 Å². The molecule has 0 bridgehead atoms. The number of rotatable bonds is 2. The van der Waals surface area contributed by atoms with Crippen LogP contribution in [-0.4, -0.2) is 0 Å². The molecule has 0 radical (unpaired) electrons. The predicted molar refractivity (Wildman–Crippen MR) is 62.0 cm³/mol. The minimum atomic E-state index is 0.757. The molecule has 5 atom stereocenters. The third-order valence-electron chi connectivity index (χ3n) is 4.65. The Kier molecular flexibility index (Phi) is 2.33. The third-order valence-corrected chi connectivity index (χ3v) is 4.65. The molecule has 2 aliphatic carbocycles. The molecule has 78 valence electrons. The summed E-state index contributed by atoms with van der Waals surface area (Å²) < 4.78 is 0. The standard InChI is InChI=1S/C14H22/c1-6-8(2)13-11(5)14-10(4)9(3)7-12(13)14/h7-8,10,12-14H,5-6H2,1-4H3. The van der Waals surface area contributed by atoms with Crippen LogP contribution in [0.4, 0.5) is 0 Å². The van der Waals surface area contributed by atoms with Crippen LogP contribution in [0.1, 0.15) is 34.1 Å². The number of hydrogen-bond donors (Lipinski definition) is 0. The van der Waals surface area contributed by atoms with Crippen molar-refractivity contribution in [1.82, 2.24) is 0 Å². The molecule has 0 heteroatoms. The molecular formula is C14H22. The maximum absolute atomic E-state index is 4.31. The van der Waals surface area contributed by atoms with Gasteiger partial charge in [-0.25, -0.2) is 0 Å². The molecule has 0 aliphatic heterocycles. The Hall–Kier alpha value is -0.520. The van der Waals surface area contributed by atoms with Crippen LogP contribution in [0.15, 0.2) is 23.8 Å². The average Bonchev–Trinajstić information content (AvgIpc) is 2.39. The Morgan fingerprint density at radius 3 is 2.71 bits per heavy atom. The van der Waals surface area contributed by atoms with E-state index < -0.39 is 0 Å². The summed E-state index contributed by atoms with van der Waals surface area (Å²) in [5.41, 5.74) is 3.12. The van der Waals surface area contributed by atoms with Crippen molar-refractivity contribution in [3.8, 4) is 0 Å². The molecule has 0 aromatic carbocycles. The molecule has 0 N–H and O–H groups in total. The fraction of sp³-hybridized carbons (Fsp3) is 0.714. The second-order valence-corrected chi connectivity index (χ2v) is 5.29. The van der Waals surface area contributed by atoms with E-state index in [0.717, 1.165) is 29.6 Å². The summed E-state index contributed by atoms with van der Waals surface area (Å²) in [6, 6.07) is 0. The average molecular weight is 190 g/mol. The highest BCUT2D eigenvalue weighted by molar-refractivity contribution is 5.35. The lowest BCUT2D eigenvalue weighted by Crippen LogP contribution is -2.41. The van der Waals surface area contributed by atoms with Crippen molar-refractivity contribution >= 4 is 0 Å². The van der Waals surface area contributed by atoms with Crippen molar-refractivity contribution in [2.45, 2.75) is 34.1 Å². The summed E-state index contributed by atoms with van der Waals surface area (Å²) in [4.78, 5) is 0. The minimum absolute atomic E-state index is 0.757. The largest absolute Gasteiger partial charge is 0.0992 e. The smallest absolute Gasteiger partial charge is 0.00710 e. The molecule has 14 heavy (non-hydrogen) atoms.